The van der Waals surface area contributed by atoms with Gasteiger partial charge in [-0.15, -0.1) is 0 Å². The van der Waals surface area contributed by atoms with Crippen molar-refractivity contribution in [2.24, 2.45) is 7.05 Å². The zero-order valence-electron chi connectivity index (χ0n) is 14.5. The number of aryl methyl sites for hydroxylation is 2. The number of aromatic nitrogens is 2. The van der Waals surface area contributed by atoms with Crippen molar-refractivity contribution in [2.45, 2.75) is 26.7 Å². The zero-order chi connectivity index (χ0) is 16.8. The van der Waals surface area contributed by atoms with Gasteiger partial charge in [0.05, 0.1) is 5.56 Å². The molecule has 3 nitrogen and oxygen atoms in total. The molecule has 3 aromatic heterocycles. The van der Waals surface area contributed by atoms with Gasteiger partial charge in [-0.25, -0.2) is 4.57 Å². The van der Waals surface area contributed by atoms with Gasteiger partial charge in [0.1, 0.15) is 18.2 Å². The van der Waals surface area contributed by atoms with Gasteiger partial charge in [0.25, 0.3) is 0 Å². The minimum Gasteiger partial charge on any atom is -0.455 e. The molecule has 0 aliphatic carbocycles. The van der Waals surface area contributed by atoms with Gasteiger partial charge < -0.3 is 4.42 Å². The number of furan rings is 1. The molecule has 120 valence electrons. The Labute approximate surface area is 141 Å². The number of nitrogens with zero attached hydrogens (tertiary/aromatic N) is 2. The molecule has 3 heterocycles. The highest BCUT2D eigenvalue weighted by Gasteiger charge is 2.21. The first-order chi connectivity index (χ1) is 11.6. The Morgan fingerprint density at radius 1 is 1.08 bits per heavy atom. The maximum absolute atomic E-state index is 6.22. The number of hydrogen-bond acceptors (Lipinski definition) is 2. The fourth-order valence-electron chi connectivity index (χ4n) is 3.29. The van der Waals surface area contributed by atoms with Crippen LogP contribution in [-0.2, 0) is 7.05 Å². The van der Waals surface area contributed by atoms with E-state index in [9.17, 15) is 0 Å². The molecule has 0 aliphatic heterocycles. The Balaban J connectivity index is 2.10. The highest BCUT2D eigenvalue weighted by Crippen LogP contribution is 2.36. The van der Waals surface area contributed by atoms with Crippen LogP contribution in [0.15, 0.2) is 53.3 Å². The average molecular weight is 317 g/mol. The third kappa shape index (κ3) is 2.20. The lowest BCUT2D eigenvalue weighted by molar-refractivity contribution is -0.660. The molecule has 4 rings (SSSR count). The summed E-state index contributed by atoms with van der Waals surface area (Å²) in [5, 5.41) is 2.19. The molecule has 0 saturated carbocycles. The van der Waals surface area contributed by atoms with Crippen LogP contribution in [-0.4, -0.2) is 4.98 Å². The summed E-state index contributed by atoms with van der Waals surface area (Å²) in [6.07, 6.45) is 5.79. The average Bonchev–Trinajstić information content (AvgIpc) is 2.94. The van der Waals surface area contributed by atoms with Crippen LogP contribution in [0, 0.1) is 6.92 Å². The third-order valence-corrected chi connectivity index (χ3v) is 4.75. The van der Waals surface area contributed by atoms with Gasteiger partial charge in [-0.3, -0.25) is 4.98 Å². The summed E-state index contributed by atoms with van der Waals surface area (Å²) in [7, 11) is 2.09. The molecule has 0 radical (unpaired) electrons. The first kappa shape index (κ1) is 14.9. The lowest BCUT2D eigenvalue weighted by Crippen LogP contribution is -2.31. The smallest absolute Gasteiger partial charge is 0.216 e. The van der Waals surface area contributed by atoms with Crippen molar-refractivity contribution < 1.29 is 8.98 Å². The van der Waals surface area contributed by atoms with E-state index < -0.39 is 0 Å². The van der Waals surface area contributed by atoms with E-state index in [1.54, 1.807) is 6.20 Å². The molecule has 0 amide bonds. The van der Waals surface area contributed by atoms with Crippen LogP contribution in [0.5, 0.6) is 0 Å². The lowest BCUT2D eigenvalue weighted by Gasteiger charge is -2.09. The highest BCUT2D eigenvalue weighted by molar-refractivity contribution is 6.09. The SMILES string of the molecule is Cc1ccc2c(oc3ccncc32)c1-c1cc(C(C)C)cc[n+]1C. The maximum Gasteiger partial charge on any atom is 0.216 e. The molecule has 0 bridgehead atoms. The molecule has 0 atom stereocenters. The minimum absolute atomic E-state index is 0.490. The molecular formula is C21H21N2O+. The van der Waals surface area contributed by atoms with Gasteiger partial charge in [-0.1, -0.05) is 26.0 Å². The normalized spacial score (nSPS) is 11.7. The fourth-order valence-corrected chi connectivity index (χ4v) is 3.29. The molecule has 0 spiro atoms. The second-order valence-electron chi connectivity index (χ2n) is 6.72. The number of rotatable bonds is 2. The van der Waals surface area contributed by atoms with Crippen molar-refractivity contribution >= 4 is 21.9 Å². The predicted molar refractivity (Wildman–Crippen MR) is 97.0 cm³/mol. The van der Waals surface area contributed by atoms with E-state index >= 15 is 0 Å². The summed E-state index contributed by atoms with van der Waals surface area (Å²) in [5.74, 6) is 0.490. The number of benzene rings is 1. The predicted octanol–water partition coefficient (Wildman–Crippen LogP) is 4.90. The van der Waals surface area contributed by atoms with Gasteiger partial charge >= 0.3 is 0 Å². The lowest BCUT2D eigenvalue weighted by atomic mass is 9.97. The summed E-state index contributed by atoms with van der Waals surface area (Å²) in [4.78, 5) is 4.25. The zero-order valence-corrected chi connectivity index (χ0v) is 14.5. The van der Waals surface area contributed by atoms with E-state index in [1.807, 2.05) is 12.3 Å². The number of pyridine rings is 2. The van der Waals surface area contributed by atoms with Crippen LogP contribution in [0.25, 0.3) is 33.2 Å². The molecule has 24 heavy (non-hydrogen) atoms. The quantitative estimate of drug-likeness (QED) is 0.492. The molecule has 0 unspecified atom stereocenters. The monoisotopic (exact) mass is 317 g/mol. The summed E-state index contributed by atoms with van der Waals surface area (Å²) in [6, 6.07) is 10.7. The Bertz CT molecular complexity index is 1060. The standard InChI is InChI=1S/C21H21N2O/c1-13(2)15-8-10-23(4)18(11-15)20-14(3)5-6-16-17-12-22-9-7-19(17)24-21(16)20/h5-13H,1-4H3/q+1. The van der Waals surface area contributed by atoms with Crippen LogP contribution in [0.4, 0.5) is 0 Å². The van der Waals surface area contributed by atoms with Gasteiger partial charge in [-0.05, 0) is 30.0 Å². The Morgan fingerprint density at radius 3 is 2.71 bits per heavy atom. The Morgan fingerprint density at radius 2 is 1.92 bits per heavy atom. The van der Waals surface area contributed by atoms with Crippen LogP contribution < -0.4 is 4.57 Å². The fraction of sp³-hybridized carbons (Fsp3) is 0.238. The molecule has 0 N–H and O–H groups in total. The maximum atomic E-state index is 6.22. The first-order valence-electron chi connectivity index (χ1n) is 8.32. The third-order valence-electron chi connectivity index (χ3n) is 4.75. The van der Waals surface area contributed by atoms with Crippen molar-refractivity contribution in [1.29, 1.82) is 0 Å². The second-order valence-corrected chi connectivity index (χ2v) is 6.72. The van der Waals surface area contributed by atoms with Crippen LogP contribution in [0.1, 0.15) is 30.9 Å². The van der Waals surface area contributed by atoms with E-state index in [1.165, 1.54) is 16.8 Å². The Hall–Kier alpha value is -2.68. The molecule has 0 aliphatic rings. The Kier molecular flexibility index (Phi) is 3.38. The van der Waals surface area contributed by atoms with Crippen LogP contribution >= 0.6 is 0 Å². The summed E-state index contributed by atoms with van der Waals surface area (Å²) >= 11 is 0. The molecule has 0 saturated heterocycles. The van der Waals surface area contributed by atoms with Crippen molar-refractivity contribution in [1.82, 2.24) is 4.98 Å². The molecule has 4 aromatic rings. The molecule has 1 aromatic carbocycles. The second kappa shape index (κ2) is 5.45. The first-order valence-corrected chi connectivity index (χ1v) is 8.32. The van der Waals surface area contributed by atoms with Crippen molar-refractivity contribution in [3.63, 3.8) is 0 Å². The van der Waals surface area contributed by atoms with Gasteiger partial charge in [-0.2, -0.15) is 0 Å². The number of hydrogen-bond donors (Lipinski definition) is 0. The van der Waals surface area contributed by atoms with Crippen molar-refractivity contribution in [2.75, 3.05) is 0 Å². The largest absolute Gasteiger partial charge is 0.455 e. The van der Waals surface area contributed by atoms with E-state index in [2.05, 4.69) is 67.8 Å². The van der Waals surface area contributed by atoms with Crippen molar-refractivity contribution in [3.8, 4) is 11.3 Å². The van der Waals surface area contributed by atoms with Gasteiger partial charge in [0.2, 0.25) is 5.69 Å². The topological polar surface area (TPSA) is 29.9 Å². The molecule has 3 heteroatoms. The van der Waals surface area contributed by atoms with Gasteiger partial charge in [0, 0.05) is 35.3 Å². The molecular weight excluding hydrogens is 296 g/mol. The van der Waals surface area contributed by atoms with E-state index in [0.717, 1.165) is 27.5 Å². The van der Waals surface area contributed by atoms with Crippen LogP contribution in [0.3, 0.4) is 0 Å². The van der Waals surface area contributed by atoms with Gasteiger partial charge in [0.15, 0.2) is 6.20 Å². The summed E-state index contributed by atoms with van der Waals surface area (Å²) in [5.41, 5.74) is 6.71. The minimum atomic E-state index is 0.490. The van der Waals surface area contributed by atoms with Crippen molar-refractivity contribution in [3.05, 3.63) is 60.0 Å². The molecule has 0 fully saturated rings. The van der Waals surface area contributed by atoms with Crippen LogP contribution in [0.2, 0.25) is 0 Å². The number of fused-ring (bicyclic) bond motifs is 3. The van der Waals surface area contributed by atoms with E-state index in [-0.39, 0.29) is 0 Å². The summed E-state index contributed by atoms with van der Waals surface area (Å²) in [6.45, 7) is 6.58. The summed E-state index contributed by atoms with van der Waals surface area (Å²) < 4.78 is 8.39. The van der Waals surface area contributed by atoms with E-state index in [0.29, 0.717) is 5.92 Å². The highest BCUT2D eigenvalue weighted by atomic mass is 16.3. The van der Waals surface area contributed by atoms with E-state index in [4.69, 9.17) is 4.42 Å².